The summed E-state index contributed by atoms with van der Waals surface area (Å²) in [4.78, 5) is 10.6. The summed E-state index contributed by atoms with van der Waals surface area (Å²) in [7, 11) is 0. The van der Waals surface area contributed by atoms with E-state index in [1.165, 1.54) is 0 Å². The molecule has 0 bridgehead atoms. The van der Waals surface area contributed by atoms with E-state index in [0.29, 0.717) is 6.04 Å². The quantitative estimate of drug-likeness (QED) is 0.718. The van der Waals surface area contributed by atoms with Crippen molar-refractivity contribution >= 4 is 5.97 Å². The maximum absolute atomic E-state index is 10.6. The van der Waals surface area contributed by atoms with Crippen molar-refractivity contribution in [2.75, 3.05) is 0 Å². The monoisotopic (exact) mass is 166 g/mol. The summed E-state index contributed by atoms with van der Waals surface area (Å²) in [6.45, 7) is 1.77. The Morgan fingerprint density at radius 1 is 1.75 bits per heavy atom. The van der Waals surface area contributed by atoms with Gasteiger partial charge in [-0.05, 0) is 19.8 Å². The van der Waals surface area contributed by atoms with Crippen LogP contribution >= 0.6 is 0 Å². The van der Waals surface area contributed by atoms with Crippen molar-refractivity contribution < 1.29 is 9.90 Å². The SMILES string of the molecule is Cc1cn(C2CC2)nc1C(=O)O. The number of aromatic carboxylic acids is 1. The van der Waals surface area contributed by atoms with E-state index in [9.17, 15) is 4.79 Å². The first kappa shape index (κ1) is 7.34. The summed E-state index contributed by atoms with van der Waals surface area (Å²) in [6, 6.07) is 0.455. The van der Waals surface area contributed by atoms with Crippen molar-refractivity contribution in [2.24, 2.45) is 0 Å². The Morgan fingerprint density at radius 3 is 2.83 bits per heavy atom. The molecule has 1 heterocycles. The number of carbonyl (C=O) groups is 1. The second kappa shape index (κ2) is 2.33. The molecular weight excluding hydrogens is 156 g/mol. The van der Waals surface area contributed by atoms with Crippen LogP contribution in [-0.2, 0) is 0 Å². The molecule has 0 unspecified atom stereocenters. The highest BCUT2D eigenvalue weighted by atomic mass is 16.4. The highest BCUT2D eigenvalue weighted by Gasteiger charge is 2.26. The van der Waals surface area contributed by atoms with Gasteiger partial charge in [0.15, 0.2) is 5.69 Å². The molecule has 0 atom stereocenters. The fraction of sp³-hybridized carbons (Fsp3) is 0.500. The molecule has 64 valence electrons. The van der Waals surface area contributed by atoms with Crippen molar-refractivity contribution in [3.63, 3.8) is 0 Å². The largest absolute Gasteiger partial charge is 0.476 e. The third kappa shape index (κ3) is 1.09. The van der Waals surface area contributed by atoms with Crippen molar-refractivity contribution in [3.05, 3.63) is 17.5 Å². The Hall–Kier alpha value is -1.32. The van der Waals surface area contributed by atoms with Crippen LogP contribution in [0.5, 0.6) is 0 Å². The van der Waals surface area contributed by atoms with Gasteiger partial charge in [-0.1, -0.05) is 0 Å². The number of hydrogen-bond donors (Lipinski definition) is 1. The van der Waals surface area contributed by atoms with Crippen LogP contribution in [0.3, 0.4) is 0 Å². The Labute approximate surface area is 69.8 Å². The van der Waals surface area contributed by atoms with E-state index in [1.54, 1.807) is 17.8 Å². The summed E-state index contributed by atoms with van der Waals surface area (Å²) in [6.07, 6.45) is 4.06. The van der Waals surface area contributed by atoms with Gasteiger partial charge < -0.3 is 5.11 Å². The molecule has 1 aromatic heterocycles. The van der Waals surface area contributed by atoms with Gasteiger partial charge >= 0.3 is 5.97 Å². The standard InChI is InChI=1S/C8H10N2O2/c1-5-4-10(6-2-3-6)9-7(5)8(11)12/h4,6H,2-3H2,1H3,(H,11,12). The third-order valence-electron chi connectivity index (χ3n) is 2.04. The van der Waals surface area contributed by atoms with E-state index < -0.39 is 5.97 Å². The number of hydrogen-bond acceptors (Lipinski definition) is 2. The predicted octanol–water partition coefficient (Wildman–Crippen LogP) is 1.22. The smallest absolute Gasteiger partial charge is 0.356 e. The summed E-state index contributed by atoms with van der Waals surface area (Å²) >= 11 is 0. The minimum absolute atomic E-state index is 0.182. The highest BCUT2D eigenvalue weighted by Crippen LogP contribution is 2.34. The molecule has 1 N–H and O–H groups in total. The van der Waals surface area contributed by atoms with Crippen molar-refractivity contribution in [1.82, 2.24) is 9.78 Å². The molecule has 0 aliphatic heterocycles. The van der Waals surface area contributed by atoms with Crippen molar-refractivity contribution in [2.45, 2.75) is 25.8 Å². The van der Waals surface area contributed by atoms with Crippen LogP contribution < -0.4 is 0 Å². The van der Waals surface area contributed by atoms with Crippen LogP contribution in [0, 0.1) is 6.92 Å². The number of carboxylic acid groups (broad SMARTS) is 1. The molecule has 0 radical (unpaired) electrons. The number of aromatic nitrogens is 2. The van der Waals surface area contributed by atoms with E-state index in [0.717, 1.165) is 18.4 Å². The Kier molecular flexibility index (Phi) is 1.43. The molecule has 0 spiro atoms. The first-order chi connectivity index (χ1) is 5.68. The zero-order valence-corrected chi connectivity index (χ0v) is 6.82. The average molecular weight is 166 g/mol. The Balaban J connectivity index is 2.36. The Morgan fingerprint density at radius 2 is 2.42 bits per heavy atom. The number of aryl methyl sites for hydroxylation is 1. The first-order valence-corrected chi connectivity index (χ1v) is 3.97. The number of carboxylic acids is 1. The van der Waals surface area contributed by atoms with Gasteiger partial charge in [-0.2, -0.15) is 5.10 Å². The van der Waals surface area contributed by atoms with Crippen LogP contribution in [0.15, 0.2) is 6.20 Å². The van der Waals surface area contributed by atoms with Gasteiger partial charge in [0.05, 0.1) is 6.04 Å². The molecule has 0 saturated heterocycles. The van der Waals surface area contributed by atoms with E-state index >= 15 is 0 Å². The van der Waals surface area contributed by atoms with E-state index in [-0.39, 0.29) is 5.69 Å². The van der Waals surface area contributed by atoms with Gasteiger partial charge in [-0.15, -0.1) is 0 Å². The molecule has 1 aromatic rings. The molecule has 1 aliphatic carbocycles. The lowest BCUT2D eigenvalue weighted by Crippen LogP contribution is -2.01. The molecule has 1 fully saturated rings. The van der Waals surface area contributed by atoms with Crippen LogP contribution in [0.2, 0.25) is 0 Å². The molecular formula is C8H10N2O2. The van der Waals surface area contributed by atoms with Crippen LogP contribution in [0.4, 0.5) is 0 Å². The molecule has 0 amide bonds. The minimum Gasteiger partial charge on any atom is -0.476 e. The molecule has 4 nitrogen and oxygen atoms in total. The second-order valence-electron chi connectivity index (χ2n) is 3.18. The fourth-order valence-electron chi connectivity index (χ4n) is 1.22. The zero-order chi connectivity index (χ0) is 8.72. The van der Waals surface area contributed by atoms with Gasteiger partial charge in [0.25, 0.3) is 0 Å². The topological polar surface area (TPSA) is 55.1 Å². The second-order valence-corrected chi connectivity index (χ2v) is 3.18. The average Bonchev–Trinajstić information content (AvgIpc) is 2.75. The third-order valence-corrected chi connectivity index (χ3v) is 2.04. The molecule has 2 rings (SSSR count). The molecule has 0 aromatic carbocycles. The predicted molar refractivity (Wildman–Crippen MR) is 42.2 cm³/mol. The highest BCUT2D eigenvalue weighted by molar-refractivity contribution is 5.86. The van der Waals surface area contributed by atoms with Crippen molar-refractivity contribution in [3.8, 4) is 0 Å². The molecule has 4 heteroatoms. The van der Waals surface area contributed by atoms with E-state index in [1.807, 2.05) is 0 Å². The number of rotatable bonds is 2. The lowest BCUT2D eigenvalue weighted by atomic mass is 10.3. The maximum atomic E-state index is 10.6. The summed E-state index contributed by atoms with van der Waals surface area (Å²) in [5, 5.41) is 12.7. The van der Waals surface area contributed by atoms with E-state index in [2.05, 4.69) is 5.10 Å². The Bertz CT molecular complexity index is 326. The normalized spacial score (nSPS) is 16.4. The van der Waals surface area contributed by atoms with Crippen LogP contribution in [0.1, 0.15) is 34.9 Å². The van der Waals surface area contributed by atoms with Gasteiger partial charge in [-0.25, -0.2) is 4.79 Å². The van der Waals surface area contributed by atoms with Crippen LogP contribution in [-0.4, -0.2) is 20.9 Å². The summed E-state index contributed by atoms with van der Waals surface area (Å²) in [5.41, 5.74) is 0.927. The molecule has 1 aliphatic rings. The minimum atomic E-state index is -0.938. The first-order valence-electron chi connectivity index (χ1n) is 3.97. The van der Waals surface area contributed by atoms with Crippen molar-refractivity contribution in [1.29, 1.82) is 0 Å². The van der Waals surface area contributed by atoms with Crippen LogP contribution in [0.25, 0.3) is 0 Å². The maximum Gasteiger partial charge on any atom is 0.356 e. The fourth-order valence-corrected chi connectivity index (χ4v) is 1.22. The lowest BCUT2D eigenvalue weighted by Gasteiger charge is -1.92. The zero-order valence-electron chi connectivity index (χ0n) is 6.82. The molecule has 12 heavy (non-hydrogen) atoms. The van der Waals surface area contributed by atoms with Gasteiger partial charge in [0.2, 0.25) is 0 Å². The van der Waals surface area contributed by atoms with E-state index in [4.69, 9.17) is 5.11 Å². The summed E-state index contributed by atoms with van der Waals surface area (Å²) in [5.74, 6) is -0.938. The van der Waals surface area contributed by atoms with Gasteiger partial charge in [0, 0.05) is 11.8 Å². The van der Waals surface area contributed by atoms with Gasteiger partial charge in [-0.3, -0.25) is 4.68 Å². The lowest BCUT2D eigenvalue weighted by molar-refractivity contribution is 0.0688. The number of nitrogens with zero attached hydrogens (tertiary/aromatic N) is 2. The summed E-state index contributed by atoms with van der Waals surface area (Å²) < 4.78 is 1.76. The molecule has 1 saturated carbocycles. The van der Waals surface area contributed by atoms with Gasteiger partial charge in [0.1, 0.15) is 0 Å².